The van der Waals surface area contributed by atoms with Crippen LogP contribution >= 0.6 is 0 Å². The molecule has 2 nitrogen and oxygen atoms in total. The minimum absolute atomic E-state index is 0.328. The van der Waals surface area contributed by atoms with Crippen molar-refractivity contribution in [2.75, 3.05) is 5.32 Å². The van der Waals surface area contributed by atoms with Crippen LogP contribution < -0.4 is 5.32 Å². The van der Waals surface area contributed by atoms with E-state index in [0.29, 0.717) is 11.8 Å². The molecule has 0 amide bonds. The lowest BCUT2D eigenvalue weighted by molar-refractivity contribution is 0.733. The average Bonchev–Trinajstić information content (AvgIpc) is 2.59. The number of benzene rings is 2. The van der Waals surface area contributed by atoms with Gasteiger partial charge < -0.3 is 5.32 Å². The Morgan fingerprint density at radius 1 is 0.870 bits per heavy atom. The maximum atomic E-state index is 9.50. The summed E-state index contributed by atoms with van der Waals surface area (Å²) < 4.78 is 0. The quantitative estimate of drug-likeness (QED) is 0.710. The standard InChI is InChI=1S/C21H26N2/c1-5-16(4)18-6-8-19(9-7-18)21(14-22)23-20-12-10-17(11-13-20)15(2)3/h6-13,15-16,21,23H,5H2,1-4H3. The molecule has 0 aromatic heterocycles. The topological polar surface area (TPSA) is 35.8 Å². The van der Waals surface area contributed by atoms with Crippen molar-refractivity contribution >= 4 is 5.69 Å². The summed E-state index contributed by atoms with van der Waals surface area (Å²) in [6, 6.07) is 18.8. The monoisotopic (exact) mass is 306 g/mol. The number of nitriles is 1. The molecule has 0 saturated carbocycles. The maximum absolute atomic E-state index is 9.50. The van der Waals surface area contributed by atoms with Crippen LogP contribution in [0, 0.1) is 11.3 Å². The third-order valence-electron chi connectivity index (χ3n) is 4.47. The SMILES string of the molecule is CCC(C)c1ccc(C(C#N)Nc2ccc(C(C)C)cc2)cc1. The first-order valence-electron chi connectivity index (χ1n) is 8.41. The zero-order valence-corrected chi connectivity index (χ0v) is 14.5. The first kappa shape index (κ1) is 17.1. The van der Waals surface area contributed by atoms with Crippen LogP contribution in [0.2, 0.25) is 0 Å². The molecule has 2 atom stereocenters. The largest absolute Gasteiger partial charge is 0.366 e. The number of hydrogen-bond donors (Lipinski definition) is 1. The summed E-state index contributed by atoms with van der Waals surface area (Å²) in [5, 5.41) is 12.8. The predicted octanol–water partition coefficient (Wildman–Crippen LogP) is 6.00. The van der Waals surface area contributed by atoms with Crippen molar-refractivity contribution in [1.82, 2.24) is 0 Å². The van der Waals surface area contributed by atoms with E-state index in [1.54, 1.807) is 0 Å². The molecule has 2 unspecified atom stereocenters. The fraction of sp³-hybridized carbons (Fsp3) is 0.381. The van der Waals surface area contributed by atoms with Gasteiger partial charge in [0.2, 0.25) is 0 Å². The van der Waals surface area contributed by atoms with Crippen molar-refractivity contribution in [3.63, 3.8) is 0 Å². The summed E-state index contributed by atoms with van der Waals surface area (Å²) in [5.41, 5.74) is 4.62. The minimum Gasteiger partial charge on any atom is -0.366 e. The Balaban J connectivity index is 2.12. The van der Waals surface area contributed by atoms with Gasteiger partial charge in [-0.25, -0.2) is 0 Å². The van der Waals surface area contributed by atoms with Gasteiger partial charge in [-0.15, -0.1) is 0 Å². The van der Waals surface area contributed by atoms with E-state index in [4.69, 9.17) is 0 Å². The van der Waals surface area contributed by atoms with E-state index in [9.17, 15) is 5.26 Å². The summed E-state index contributed by atoms with van der Waals surface area (Å²) >= 11 is 0. The molecule has 0 heterocycles. The van der Waals surface area contributed by atoms with E-state index in [2.05, 4.69) is 75.5 Å². The molecule has 0 saturated heterocycles. The van der Waals surface area contributed by atoms with Crippen molar-refractivity contribution in [2.45, 2.75) is 52.0 Å². The summed E-state index contributed by atoms with van der Waals surface area (Å²) in [6.07, 6.45) is 1.13. The number of anilines is 1. The van der Waals surface area contributed by atoms with E-state index in [-0.39, 0.29) is 6.04 Å². The molecule has 0 radical (unpaired) electrons. The van der Waals surface area contributed by atoms with E-state index < -0.39 is 0 Å². The molecule has 0 aliphatic carbocycles. The molecule has 120 valence electrons. The Hall–Kier alpha value is -2.27. The van der Waals surface area contributed by atoms with Crippen molar-refractivity contribution < 1.29 is 0 Å². The van der Waals surface area contributed by atoms with E-state index in [1.807, 2.05) is 12.1 Å². The van der Waals surface area contributed by atoms with Crippen LogP contribution in [0.5, 0.6) is 0 Å². The lowest BCUT2D eigenvalue weighted by atomic mass is 9.96. The Labute approximate surface area is 140 Å². The molecule has 2 rings (SSSR count). The van der Waals surface area contributed by atoms with Gasteiger partial charge in [0.05, 0.1) is 6.07 Å². The number of hydrogen-bond acceptors (Lipinski definition) is 2. The van der Waals surface area contributed by atoms with Crippen LogP contribution in [0.1, 0.15) is 68.7 Å². The normalized spacial score (nSPS) is 13.4. The van der Waals surface area contributed by atoms with Crippen molar-refractivity contribution in [1.29, 1.82) is 5.26 Å². The van der Waals surface area contributed by atoms with E-state index in [1.165, 1.54) is 11.1 Å². The van der Waals surface area contributed by atoms with Gasteiger partial charge in [0.1, 0.15) is 6.04 Å². The van der Waals surface area contributed by atoms with Crippen molar-refractivity contribution in [3.8, 4) is 6.07 Å². The van der Waals surface area contributed by atoms with Crippen LogP contribution in [0.15, 0.2) is 48.5 Å². The fourth-order valence-corrected chi connectivity index (χ4v) is 2.57. The Bertz CT molecular complexity index is 648. The second-order valence-corrected chi connectivity index (χ2v) is 6.46. The number of nitrogens with zero attached hydrogens (tertiary/aromatic N) is 1. The molecule has 0 aliphatic heterocycles. The van der Waals surface area contributed by atoms with Gasteiger partial charge in [0.15, 0.2) is 0 Å². The zero-order valence-electron chi connectivity index (χ0n) is 14.5. The minimum atomic E-state index is -0.328. The molecule has 2 aromatic carbocycles. The van der Waals surface area contributed by atoms with Gasteiger partial charge >= 0.3 is 0 Å². The highest BCUT2D eigenvalue weighted by molar-refractivity contribution is 5.49. The molecule has 2 aromatic rings. The Morgan fingerprint density at radius 3 is 1.87 bits per heavy atom. The predicted molar refractivity (Wildman–Crippen MR) is 97.7 cm³/mol. The van der Waals surface area contributed by atoms with Crippen LogP contribution in [-0.2, 0) is 0 Å². The molecule has 0 spiro atoms. The summed E-state index contributed by atoms with van der Waals surface area (Å²) in [5.74, 6) is 1.07. The van der Waals surface area contributed by atoms with Gasteiger partial charge in [0.25, 0.3) is 0 Å². The number of rotatable bonds is 6. The third-order valence-corrected chi connectivity index (χ3v) is 4.47. The first-order valence-corrected chi connectivity index (χ1v) is 8.41. The van der Waals surface area contributed by atoms with Crippen LogP contribution in [0.25, 0.3) is 0 Å². The molecule has 1 N–H and O–H groups in total. The highest BCUT2D eigenvalue weighted by Gasteiger charge is 2.11. The molecule has 2 heteroatoms. The van der Waals surface area contributed by atoms with Crippen LogP contribution in [-0.4, -0.2) is 0 Å². The second kappa shape index (κ2) is 7.83. The Kier molecular flexibility index (Phi) is 5.82. The molecule has 0 bridgehead atoms. The molecular weight excluding hydrogens is 280 g/mol. The molecule has 0 aliphatic rings. The van der Waals surface area contributed by atoms with Gasteiger partial charge in [-0.2, -0.15) is 5.26 Å². The summed E-state index contributed by atoms with van der Waals surface area (Å²) in [4.78, 5) is 0. The zero-order chi connectivity index (χ0) is 16.8. The molecular formula is C21H26N2. The summed E-state index contributed by atoms with van der Waals surface area (Å²) in [7, 11) is 0. The number of nitrogens with one attached hydrogen (secondary N) is 1. The van der Waals surface area contributed by atoms with Gasteiger partial charge in [-0.3, -0.25) is 0 Å². The third kappa shape index (κ3) is 4.36. The van der Waals surface area contributed by atoms with Crippen LogP contribution in [0.3, 0.4) is 0 Å². The van der Waals surface area contributed by atoms with Gasteiger partial charge in [-0.1, -0.05) is 64.1 Å². The van der Waals surface area contributed by atoms with Crippen LogP contribution in [0.4, 0.5) is 5.69 Å². The van der Waals surface area contributed by atoms with Crippen molar-refractivity contribution in [2.24, 2.45) is 0 Å². The highest BCUT2D eigenvalue weighted by Crippen LogP contribution is 2.24. The second-order valence-electron chi connectivity index (χ2n) is 6.46. The lowest BCUT2D eigenvalue weighted by Crippen LogP contribution is -2.08. The maximum Gasteiger partial charge on any atom is 0.140 e. The lowest BCUT2D eigenvalue weighted by Gasteiger charge is -2.16. The smallest absolute Gasteiger partial charge is 0.140 e. The Morgan fingerprint density at radius 2 is 1.39 bits per heavy atom. The molecule has 0 fully saturated rings. The van der Waals surface area contributed by atoms with E-state index in [0.717, 1.165) is 17.7 Å². The summed E-state index contributed by atoms with van der Waals surface area (Å²) in [6.45, 7) is 8.78. The van der Waals surface area contributed by atoms with Gasteiger partial charge in [-0.05, 0) is 47.1 Å². The molecule has 23 heavy (non-hydrogen) atoms. The average molecular weight is 306 g/mol. The highest BCUT2D eigenvalue weighted by atomic mass is 14.9. The van der Waals surface area contributed by atoms with E-state index >= 15 is 0 Å². The first-order chi connectivity index (χ1) is 11.0. The fourth-order valence-electron chi connectivity index (χ4n) is 2.57. The van der Waals surface area contributed by atoms with Crippen molar-refractivity contribution in [3.05, 3.63) is 65.2 Å². The van der Waals surface area contributed by atoms with Gasteiger partial charge in [0, 0.05) is 5.69 Å².